The molecule has 1 aliphatic carbocycles. The number of fused-ring (bicyclic) bond motifs is 3. The van der Waals surface area contributed by atoms with Crippen molar-refractivity contribution in [1.29, 1.82) is 0 Å². The van der Waals surface area contributed by atoms with Crippen LogP contribution in [0.2, 0.25) is 0 Å². The Kier molecular flexibility index (Phi) is 8.31. The summed E-state index contributed by atoms with van der Waals surface area (Å²) in [5.74, 6) is -1.82. The van der Waals surface area contributed by atoms with Gasteiger partial charge in [-0.05, 0) is 35.1 Å². The molecule has 7 nitrogen and oxygen atoms in total. The van der Waals surface area contributed by atoms with Gasteiger partial charge in [-0.2, -0.15) is 0 Å². The van der Waals surface area contributed by atoms with E-state index in [1.807, 2.05) is 45.0 Å². The summed E-state index contributed by atoms with van der Waals surface area (Å²) in [5, 5.41) is 12.0. The van der Waals surface area contributed by atoms with Gasteiger partial charge in [-0.3, -0.25) is 9.59 Å². The summed E-state index contributed by atoms with van der Waals surface area (Å²) in [6.45, 7) is 8.00. The fourth-order valence-electron chi connectivity index (χ4n) is 4.38. The number of carboxylic acids is 1. The summed E-state index contributed by atoms with van der Waals surface area (Å²) in [4.78, 5) is 38.2. The number of nitrogens with zero attached hydrogens (tertiary/aromatic N) is 1. The second-order valence-electron chi connectivity index (χ2n) is 9.20. The van der Waals surface area contributed by atoms with E-state index in [1.54, 1.807) is 6.92 Å². The topological polar surface area (TPSA) is 95.9 Å². The van der Waals surface area contributed by atoms with Gasteiger partial charge in [0.25, 0.3) is 0 Å². The van der Waals surface area contributed by atoms with E-state index in [9.17, 15) is 14.4 Å². The van der Waals surface area contributed by atoms with Crippen LogP contribution < -0.4 is 5.32 Å². The molecule has 2 N–H and O–H groups in total. The Morgan fingerprint density at radius 2 is 1.56 bits per heavy atom. The van der Waals surface area contributed by atoms with Crippen molar-refractivity contribution in [2.24, 2.45) is 11.8 Å². The lowest BCUT2D eigenvalue weighted by Crippen LogP contribution is -2.45. The van der Waals surface area contributed by atoms with Gasteiger partial charge in [0.2, 0.25) is 5.91 Å². The van der Waals surface area contributed by atoms with E-state index in [4.69, 9.17) is 9.84 Å². The number of aliphatic carboxylic acids is 1. The highest BCUT2D eigenvalue weighted by atomic mass is 16.5. The largest absolute Gasteiger partial charge is 0.481 e. The van der Waals surface area contributed by atoms with Crippen LogP contribution >= 0.6 is 0 Å². The smallest absolute Gasteiger partial charge is 0.407 e. The minimum absolute atomic E-state index is 0.0000332. The lowest BCUT2D eigenvalue weighted by atomic mass is 9.98. The van der Waals surface area contributed by atoms with Gasteiger partial charge in [0.1, 0.15) is 6.61 Å². The molecule has 34 heavy (non-hydrogen) atoms. The molecule has 1 aliphatic rings. The van der Waals surface area contributed by atoms with Crippen LogP contribution in [-0.4, -0.2) is 53.7 Å². The highest BCUT2D eigenvalue weighted by molar-refractivity contribution is 5.80. The Bertz CT molecular complexity index is 990. The molecule has 2 aromatic carbocycles. The van der Waals surface area contributed by atoms with E-state index in [0.29, 0.717) is 6.54 Å². The van der Waals surface area contributed by atoms with Gasteiger partial charge in [-0.1, -0.05) is 69.3 Å². The summed E-state index contributed by atoms with van der Waals surface area (Å²) in [6, 6.07) is 15.9. The molecule has 0 aromatic heterocycles. The number of nitrogens with one attached hydrogen (secondary N) is 1. The van der Waals surface area contributed by atoms with E-state index in [2.05, 4.69) is 29.6 Å². The maximum atomic E-state index is 12.8. The maximum Gasteiger partial charge on any atom is 0.407 e. The van der Waals surface area contributed by atoms with Crippen LogP contribution in [0, 0.1) is 11.8 Å². The second kappa shape index (κ2) is 11.2. The van der Waals surface area contributed by atoms with Crippen LogP contribution in [0.3, 0.4) is 0 Å². The van der Waals surface area contributed by atoms with E-state index in [0.717, 1.165) is 22.3 Å². The zero-order valence-corrected chi connectivity index (χ0v) is 20.3. The summed E-state index contributed by atoms with van der Waals surface area (Å²) >= 11 is 0. The Hall–Kier alpha value is -3.35. The molecule has 0 aliphatic heterocycles. The number of amides is 2. The summed E-state index contributed by atoms with van der Waals surface area (Å²) in [7, 11) is 0. The minimum atomic E-state index is -0.941. The number of rotatable bonds is 10. The highest BCUT2D eigenvalue weighted by Crippen LogP contribution is 2.44. The predicted molar refractivity (Wildman–Crippen MR) is 131 cm³/mol. The first kappa shape index (κ1) is 25.3. The molecule has 2 aromatic rings. The van der Waals surface area contributed by atoms with Crippen LogP contribution in [0.1, 0.15) is 51.2 Å². The second-order valence-corrected chi connectivity index (χ2v) is 9.20. The Balaban J connectivity index is 1.61. The van der Waals surface area contributed by atoms with Crippen LogP contribution in [0.15, 0.2) is 48.5 Å². The fourth-order valence-corrected chi connectivity index (χ4v) is 4.38. The standard InChI is InChI=1S/C27H34N2O5/c1-5-29(15-18(4)26(31)32)25(30)14-24(17(2)3)28-27(33)34-16-23-21-12-8-6-10-19(21)20-11-7-9-13-22(20)23/h6-13,17-18,23-24H,5,14-16H2,1-4H3,(H,28,33)(H,31,32)/t18?,24-/m1/s1. The number of hydrogen-bond acceptors (Lipinski definition) is 4. The molecule has 0 saturated heterocycles. The highest BCUT2D eigenvalue weighted by Gasteiger charge is 2.30. The Labute approximate surface area is 201 Å². The van der Waals surface area contributed by atoms with Crippen molar-refractivity contribution in [3.8, 4) is 11.1 Å². The number of carbonyl (C=O) groups excluding carboxylic acids is 2. The van der Waals surface area contributed by atoms with Gasteiger partial charge in [0, 0.05) is 31.5 Å². The van der Waals surface area contributed by atoms with Crippen molar-refractivity contribution in [2.45, 2.75) is 46.1 Å². The zero-order chi connectivity index (χ0) is 24.8. The Morgan fingerprint density at radius 3 is 2.06 bits per heavy atom. The molecule has 3 rings (SSSR count). The average Bonchev–Trinajstić information content (AvgIpc) is 3.14. The van der Waals surface area contributed by atoms with Gasteiger partial charge < -0.3 is 20.1 Å². The van der Waals surface area contributed by atoms with Crippen LogP contribution in [0.5, 0.6) is 0 Å². The van der Waals surface area contributed by atoms with Crippen LogP contribution in [0.4, 0.5) is 4.79 Å². The predicted octanol–water partition coefficient (Wildman–Crippen LogP) is 4.51. The van der Waals surface area contributed by atoms with E-state index < -0.39 is 24.0 Å². The third kappa shape index (κ3) is 5.76. The van der Waals surface area contributed by atoms with Crippen molar-refractivity contribution in [3.63, 3.8) is 0 Å². The van der Waals surface area contributed by atoms with E-state index >= 15 is 0 Å². The van der Waals surface area contributed by atoms with Gasteiger partial charge in [-0.25, -0.2) is 4.79 Å². The van der Waals surface area contributed by atoms with Crippen molar-refractivity contribution in [3.05, 3.63) is 59.7 Å². The third-order valence-electron chi connectivity index (χ3n) is 6.50. The van der Waals surface area contributed by atoms with Gasteiger partial charge in [0.15, 0.2) is 0 Å². The Morgan fingerprint density at radius 1 is 1.00 bits per heavy atom. The van der Waals surface area contributed by atoms with Gasteiger partial charge >= 0.3 is 12.1 Å². The van der Waals surface area contributed by atoms with Crippen molar-refractivity contribution >= 4 is 18.0 Å². The first-order chi connectivity index (χ1) is 16.2. The average molecular weight is 467 g/mol. The minimum Gasteiger partial charge on any atom is -0.481 e. The third-order valence-corrected chi connectivity index (χ3v) is 6.50. The molecule has 0 bridgehead atoms. The summed E-state index contributed by atoms with van der Waals surface area (Å²) in [5.41, 5.74) is 4.59. The summed E-state index contributed by atoms with van der Waals surface area (Å²) in [6.07, 6.45) is -0.475. The van der Waals surface area contributed by atoms with Gasteiger partial charge in [-0.15, -0.1) is 0 Å². The van der Waals surface area contributed by atoms with Crippen LogP contribution in [0.25, 0.3) is 11.1 Å². The molecule has 0 spiro atoms. The van der Waals surface area contributed by atoms with Crippen molar-refractivity contribution in [1.82, 2.24) is 10.2 Å². The van der Waals surface area contributed by atoms with Crippen molar-refractivity contribution in [2.75, 3.05) is 19.7 Å². The molecule has 182 valence electrons. The molecular weight excluding hydrogens is 432 g/mol. The number of hydrogen-bond donors (Lipinski definition) is 2. The molecular formula is C27H34N2O5. The van der Waals surface area contributed by atoms with E-state index in [-0.39, 0.29) is 37.3 Å². The fraction of sp³-hybridized carbons (Fsp3) is 0.444. The normalized spacial score (nSPS) is 14.1. The first-order valence-corrected chi connectivity index (χ1v) is 11.8. The summed E-state index contributed by atoms with van der Waals surface area (Å²) < 4.78 is 5.63. The molecule has 7 heteroatoms. The number of carbonyl (C=O) groups is 3. The zero-order valence-electron chi connectivity index (χ0n) is 20.3. The lowest BCUT2D eigenvalue weighted by Gasteiger charge is -2.27. The molecule has 0 radical (unpaired) electrons. The van der Waals surface area contributed by atoms with Crippen molar-refractivity contribution < 1.29 is 24.2 Å². The SMILES string of the molecule is CCN(CC(C)C(=O)O)C(=O)C[C@@H](NC(=O)OCC1c2ccccc2-c2ccccc21)C(C)C. The lowest BCUT2D eigenvalue weighted by molar-refractivity contribution is -0.143. The van der Waals surface area contributed by atoms with Gasteiger partial charge in [0.05, 0.1) is 5.92 Å². The first-order valence-electron chi connectivity index (χ1n) is 11.8. The number of benzene rings is 2. The molecule has 0 heterocycles. The van der Waals surface area contributed by atoms with Crippen LogP contribution in [-0.2, 0) is 14.3 Å². The molecule has 2 atom stereocenters. The number of alkyl carbamates (subject to hydrolysis) is 1. The monoisotopic (exact) mass is 466 g/mol. The molecule has 1 unspecified atom stereocenters. The molecule has 0 fully saturated rings. The quantitative estimate of drug-likeness (QED) is 0.537. The number of carboxylic acid groups (broad SMARTS) is 1. The molecule has 2 amide bonds. The molecule has 0 saturated carbocycles. The number of ether oxygens (including phenoxy) is 1. The van der Waals surface area contributed by atoms with E-state index in [1.165, 1.54) is 4.90 Å². The maximum absolute atomic E-state index is 12.8.